The van der Waals surface area contributed by atoms with E-state index in [9.17, 15) is 0 Å². The van der Waals surface area contributed by atoms with Gasteiger partial charge in [-0.2, -0.15) is 0 Å². The Balaban J connectivity index is 2.21. The van der Waals surface area contributed by atoms with E-state index in [0.717, 1.165) is 12.3 Å². The molecule has 1 heterocycles. The van der Waals surface area contributed by atoms with Crippen molar-refractivity contribution in [3.63, 3.8) is 0 Å². The van der Waals surface area contributed by atoms with Crippen LogP contribution in [0.25, 0.3) is 0 Å². The van der Waals surface area contributed by atoms with E-state index in [4.69, 9.17) is 5.11 Å². The molecule has 0 aromatic carbocycles. The fourth-order valence-electron chi connectivity index (χ4n) is 1.55. The maximum Gasteiger partial charge on any atom is 0.0586 e. The molecule has 60 valence electrons. The van der Waals surface area contributed by atoms with Crippen molar-refractivity contribution in [1.29, 1.82) is 0 Å². The van der Waals surface area contributed by atoms with Gasteiger partial charge in [-0.1, -0.05) is 13.8 Å². The lowest BCUT2D eigenvalue weighted by Crippen LogP contribution is -2.52. The molecule has 1 aliphatic heterocycles. The molecule has 1 fully saturated rings. The molecule has 0 bridgehead atoms. The molecule has 0 amide bonds. The molecule has 0 spiro atoms. The monoisotopic (exact) mass is 143 g/mol. The van der Waals surface area contributed by atoms with Crippen LogP contribution in [0, 0.1) is 5.92 Å². The fourth-order valence-corrected chi connectivity index (χ4v) is 1.55. The lowest BCUT2D eigenvalue weighted by atomic mass is 9.99. The Bertz CT molecular complexity index is 95.4. The SMILES string of the molecule is CC[C@H](CO)N1CC(C)C1. The van der Waals surface area contributed by atoms with Crippen LogP contribution in [0.4, 0.5) is 0 Å². The lowest BCUT2D eigenvalue weighted by molar-refractivity contribution is 0.0299. The van der Waals surface area contributed by atoms with E-state index in [1.807, 2.05) is 0 Å². The summed E-state index contributed by atoms with van der Waals surface area (Å²) in [5.41, 5.74) is 0. The third kappa shape index (κ3) is 1.50. The van der Waals surface area contributed by atoms with Gasteiger partial charge in [-0.3, -0.25) is 4.90 Å². The average Bonchev–Trinajstić information content (AvgIpc) is 1.87. The van der Waals surface area contributed by atoms with Crippen molar-refractivity contribution >= 4 is 0 Å². The van der Waals surface area contributed by atoms with E-state index in [0.29, 0.717) is 12.6 Å². The summed E-state index contributed by atoms with van der Waals surface area (Å²) in [4.78, 5) is 2.35. The Morgan fingerprint density at radius 1 is 1.60 bits per heavy atom. The first-order valence-electron chi connectivity index (χ1n) is 4.12. The molecule has 0 saturated carbocycles. The molecule has 0 aromatic heterocycles. The zero-order valence-corrected chi connectivity index (χ0v) is 6.88. The first-order chi connectivity index (χ1) is 4.77. The molecule has 1 saturated heterocycles. The molecule has 1 rings (SSSR count). The predicted octanol–water partition coefficient (Wildman–Crippen LogP) is 0.709. The second-order valence-electron chi connectivity index (χ2n) is 3.30. The van der Waals surface area contributed by atoms with Gasteiger partial charge in [0.1, 0.15) is 0 Å². The summed E-state index contributed by atoms with van der Waals surface area (Å²) in [5.74, 6) is 0.848. The Kier molecular flexibility index (Phi) is 2.69. The minimum Gasteiger partial charge on any atom is -0.395 e. The molecule has 1 atom stereocenters. The average molecular weight is 143 g/mol. The van der Waals surface area contributed by atoms with Crippen LogP contribution in [0.15, 0.2) is 0 Å². The van der Waals surface area contributed by atoms with Crippen LogP contribution in [0.2, 0.25) is 0 Å². The number of rotatable bonds is 3. The van der Waals surface area contributed by atoms with Crippen LogP contribution in [0.5, 0.6) is 0 Å². The van der Waals surface area contributed by atoms with Gasteiger partial charge in [-0.05, 0) is 12.3 Å². The molecule has 0 aliphatic carbocycles. The maximum atomic E-state index is 8.91. The highest BCUT2D eigenvalue weighted by Crippen LogP contribution is 2.18. The number of aliphatic hydroxyl groups excluding tert-OH is 1. The van der Waals surface area contributed by atoms with Crippen LogP contribution in [0.1, 0.15) is 20.3 Å². The summed E-state index contributed by atoms with van der Waals surface area (Å²) in [6.07, 6.45) is 1.07. The van der Waals surface area contributed by atoms with Gasteiger partial charge >= 0.3 is 0 Å². The summed E-state index contributed by atoms with van der Waals surface area (Å²) in [5, 5.41) is 8.91. The van der Waals surface area contributed by atoms with Crippen molar-refractivity contribution in [3.05, 3.63) is 0 Å². The van der Waals surface area contributed by atoms with Crippen molar-refractivity contribution in [1.82, 2.24) is 4.90 Å². The molecule has 2 heteroatoms. The number of nitrogens with zero attached hydrogens (tertiary/aromatic N) is 1. The van der Waals surface area contributed by atoms with Gasteiger partial charge in [-0.15, -0.1) is 0 Å². The highest BCUT2D eigenvalue weighted by molar-refractivity contribution is 4.81. The molecule has 0 radical (unpaired) electrons. The predicted molar refractivity (Wildman–Crippen MR) is 41.9 cm³/mol. The Hall–Kier alpha value is -0.0800. The van der Waals surface area contributed by atoms with Crippen LogP contribution in [-0.2, 0) is 0 Å². The van der Waals surface area contributed by atoms with Crippen molar-refractivity contribution in [3.8, 4) is 0 Å². The van der Waals surface area contributed by atoms with Gasteiger partial charge in [0.15, 0.2) is 0 Å². The summed E-state index contributed by atoms with van der Waals surface area (Å²) in [7, 11) is 0. The van der Waals surface area contributed by atoms with E-state index in [1.165, 1.54) is 13.1 Å². The summed E-state index contributed by atoms with van der Waals surface area (Å²) >= 11 is 0. The third-order valence-corrected chi connectivity index (χ3v) is 2.29. The first kappa shape index (κ1) is 8.02. The second kappa shape index (κ2) is 3.35. The van der Waals surface area contributed by atoms with Crippen LogP contribution in [0.3, 0.4) is 0 Å². The van der Waals surface area contributed by atoms with Crippen molar-refractivity contribution in [2.45, 2.75) is 26.3 Å². The van der Waals surface area contributed by atoms with Crippen LogP contribution in [-0.4, -0.2) is 35.7 Å². The minimum absolute atomic E-state index is 0.323. The van der Waals surface area contributed by atoms with E-state index < -0.39 is 0 Å². The van der Waals surface area contributed by atoms with Crippen molar-refractivity contribution in [2.24, 2.45) is 5.92 Å². The highest BCUT2D eigenvalue weighted by atomic mass is 16.3. The summed E-state index contributed by atoms with van der Waals surface area (Å²) in [6, 6.07) is 0.427. The molecule has 1 aliphatic rings. The number of aliphatic hydroxyl groups is 1. The molecular formula is C8H17NO. The van der Waals surface area contributed by atoms with Gasteiger partial charge in [0.05, 0.1) is 6.61 Å². The smallest absolute Gasteiger partial charge is 0.0586 e. The van der Waals surface area contributed by atoms with Crippen molar-refractivity contribution < 1.29 is 5.11 Å². The molecular weight excluding hydrogens is 126 g/mol. The first-order valence-corrected chi connectivity index (χ1v) is 4.12. The topological polar surface area (TPSA) is 23.5 Å². The van der Waals surface area contributed by atoms with E-state index >= 15 is 0 Å². The maximum absolute atomic E-state index is 8.91. The third-order valence-electron chi connectivity index (χ3n) is 2.29. The van der Waals surface area contributed by atoms with E-state index in [1.54, 1.807) is 0 Å². The Morgan fingerprint density at radius 3 is 2.50 bits per heavy atom. The quantitative estimate of drug-likeness (QED) is 0.629. The molecule has 2 nitrogen and oxygen atoms in total. The Morgan fingerprint density at radius 2 is 2.20 bits per heavy atom. The molecule has 0 aromatic rings. The number of likely N-dealkylation sites (tertiary alicyclic amines) is 1. The molecule has 1 N–H and O–H groups in total. The lowest BCUT2D eigenvalue weighted by Gasteiger charge is -2.42. The highest BCUT2D eigenvalue weighted by Gasteiger charge is 2.27. The Labute approximate surface area is 62.8 Å². The van der Waals surface area contributed by atoms with Crippen LogP contribution >= 0.6 is 0 Å². The zero-order valence-electron chi connectivity index (χ0n) is 6.88. The zero-order chi connectivity index (χ0) is 7.56. The fraction of sp³-hybridized carbons (Fsp3) is 1.00. The van der Waals surface area contributed by atoms with Gasteiger partial charge in [0, 0.05) is 19.1 Å². The second-order valence-corrected chi connectivity index (χ2v) is 3.30. The van der Waals surface area contributed by atoms with E-state index in [2.05, 4.69) is 18.7 Å². The summed E-state index contributed by atoms with van der Waals surface area (Å²) < 4.78 is 0. The normalized spacial score (nSPS) is 24.3. The minimum atomic E-state index is 0.323. The summed E-state index contributed by atoms with van der Waals surface area (Å²) in [6.45, 7) is 7.06. The largest absolute Gasteiger partial charge is 0.395 e. The van der Waals surface area contributed by atoms with Gasteiger partial charge in [0.2, 0.25) is 0 Å². The van der Waals surface area contributed by atoms with Crippen LogP contribution < -0.4 is 0 Å². The molecule has 0 unspecified atom stereocenters. The number of hydrogen-bond acceptors (Lipinski definition) is 2. The van der Waals surface area contributed by atoms with Crippen molar-refractivity contribution in [2.75, 3.05) is 19.7 Å². The number of hydrogen-bond donors (Lipinski definition) is 1. The van der Waals surface area contributed by atoms with Gasteiger partial charge in [-0.25, -0.2) is 0 Å². The molecule has 10 heavy (non-hydrogen) atoms. The standard InChI is InChI=1S/C8H17NO/c1-3-8(6-10)9-4-7(2)5-9/h7-8,10H,3-6H2,1-2H3/t8-/m1/s1. The van der Waals surface area contributed by atoms with E-state index in [-0.39, 0.29) is 0 Å². The van der Waals surface area contributed by atoms with Gasteiger partial charge in [0.25, 0.3) is 0 Å². The van der Waals surface area contributed by atoms with Gasteiger partial charge < -0.3 is 5.11 Å².